The molecular weight excluding hydrogens is 260 g/mol. The summed E-state index contributed by atoms with van der Waals surface area (Å²) in [4.78, 5) is 25.1. The van der Waals surface area contributed by atoms with Crippen LogP contribution in [0.1, 0.15) is 40.5 Å². The number of hydrogen-bond acceptors (Lipinski definition) is 3. The standard InChI is InChI=1S/C14H28N2O4/c1-6-11(7-2)16(8-10(3)4)14(19)15-12(9-20-5)13(17)18/h10-12H,6-9H2,1-5H3,(H,15,19)(H,17,18). The zero-order valence-corrected chi connectivity index (χ0v) is 13.2. The molecule has 0 bridgehead atoms. The molecule has 0 radical (unpaired) electrons. The molecular formula is C14H28N2O4. The first-order valence-electron chi connectivity index (χ1n) is 7.16. The molecule has 6 nitrogen and oxygen atoms in total. The van der Waals surface area contributed by atoms with Crippen molar-refractivity contribution in [3.8, 4) is 0 Å². The molecule has 0 rings (SSSR count). The van der Waals surface area contributed by atoms with E-state index in [0.29, 0.717) is 12.5 Å². The van der Waals surface area contributed by atoms with E-state index >= 15 is 0 Å². The lowest BCUT2D eigenvalue weighted by atomic mass is 10.1. The first-order valence-corrected chi connectivity index (χ1v) is 7.16. The van der Waals surface area contributed by atoms with Gasteiger partial charge in [-0.1, -0.05) is 27.7 Å². The van der Waals surface area contributed by atoms with Crippen molar-refractivity contribution in [3.05, 3.63) is 0 Å². The minimum absolute atomic E-state index is 0.0422. The second kappa shape index (κ2) is 9.58. The van der Waals surface area contributed by atoms with Gasteiger partial charge < -0.3 is 20.1 Å². The van der Waals surface area contributed by atoms with Crippen LogP contribution >= 0.6 is 0 Å². The highest BCUT2D eigenvalue weighted by Crippen LogP contribution is 2.12. The molecule has 0 aromatic carbocycles. The Morgan fingerprint density at radius 3 is 2.15 bits per heavy atom. The van der Waals surface area contributed by atoms with Gasteiger partial charge in [-0.15, -0.1) is 0 Å². The molecule has 2 N–H and O–H groups in total. The van der Waals surface area contributed by atoms with Crippen molar-refractivity contribution in [3.63, 3.8) is 0 Å². The number of aliphatic carboxylic acids is 1. The quantitative estimate of drug-likeness (QED) is 0.679. The summed E-state index contributed by atoms with van der Waals surface area (Å²) in [7, 11) is 1.41. The number of carbonyl (C=O) groups excluding carboxylic acids is 1. The topological polar surface area (TPSA) is 78.9 Å². The number of carboxylic acids is 1. The number of methoxy groups -OCH3 is 1. The zero-order valence-electron chi connectivity index (χ0n) is 13.2. The van der Waals surface area contributed by atoms with Crippen LogP contribution in [0.4, 0.5) is 4.79 Å². The van der Waals surface area contributed by atoms with Gasteiger partial charge in [-0.25, -0.2) is 9.59 Å². The van der Waals surface area contributed by atoms with Gasteiger partial charge >= 0.3 is 12.0 Å². The molecule has 0 saturated heterocycles. The minimum atomic E-state index is -1.09. The minimum Gasteiger partial charge on any atom is -0.480 e. The van der Waals surface area contributed by atoms with Crippen molar-refractivity contribution >= 4 is 12.0 Å². The van der Waals surface area contributed by atoms with Crippen LogP contribution in [0.5, 0.6) is 0 Å². The van der Waals surface area contributed by atoms with Gasteiger partial charge in [0.15, 0.2) is 6.04 Å². The number of nitrogens with zero attached hydrogens (tertiary/aromatic N) is 1. The Balaban J connectivity index is 4.88. The maximum absolute atomic E-state index is 12.3. The molecule has 0 saturated carbocycles. The molecule has 0 aromatic heterocycles. The SMILES string of the molecule is CCC(CC)N(CC(C)C)C(=O)NC(COC)C(=O)O. The van der Waals surface area contributed by atoms with E-state index < -0.39 is 12.0 Å². The summed E-state index contributed by atoms with van der Waals surface area (Å²) in [6, 6.07) is -1.23. The van der Waals surface area contributed by atoms with Crippen LogP contribution in [0.15, 0.2) is 0 Å². The van der Waals surface area contributed by atoms with Crippen molar-refractivity contribution in [1.29, 1.82) is 0 Å². The summed E-state index contributed by atoms with van der Waals surface area (Å²) in [6.45, 7) is 8.69. The van der Waals surface area contributed by atoms with Gasteiger partial charge in [0.25, 0.3) is 0 Å². The Kier molecular flexibility index (Phi) is 8.96. The number of rotatable bonds is 9. The monoisotopic (exact) mass is 288 g/mol. The Morgan fingerprint density at radius 2 is 1.80 bits per heavy atom. The number of carboxylic acid groups (broad SMARTS) is 1. The van der Waals surface area contributed by atoms with E-state index in [-0.39, 0.29) is 18.7 Å². The average molecular weight is 288 g/mol. The molecule has 0 fully saturated rings. The first-order chi connectivity index (χ1) is 9.37. The highest BCUT2D eigenvalue weighted by atomic mass is 16.5. The molecule has 20 heavy (non-hydrogen) atoms. The van der Waals surface area contributed by atoms with Gasteiger partial charge in [-0.2, -0.15) is 0 Å². The second-order valence-corrected chi connectivity index (χ2v) is 5.31. The maximum atomic E-state index is 12.3. The second-order valence-electron chi connectivity index (χ2n) is 5.31. The third kappa shape index (κ3) is 6.23. The normalized spacial score (nSPS) is 12.6. The van der Waals surface area contributed by atoms with Crippen LogP contribution in [0.2, 0.25) is 0 Å². The van der Waals surface area contributed by atoms with Crippen molar-refractivity contribution in [2.75, 3.05) is 20.3 Å². The van der Waals surface area contributed by atoms with Gasteiger partial charge in [-0.05, 0) is 18.8 Å². The van der Waals surface area contributed by atoms with Gasteiger partial charge in [0.2, 0.25) is 0 Å². The van der Waals surface area contributed by atoms with Gasteiger partial charge in [0.05, 0.1) is 6.61 Å². The number of hydrogen-bond donors (Lipinski definition) is 2. The molecule has 1 atom stereocenters. The maximum Gasteiger partial charge on any atom is 0.328 e. The lowest BCUT2D eigenvalue weighted by Gasteiger charge is -2.33. The third-order valence-electron chi connectivity index (χ3n) is 3.14. The summed E-state index contributed by atoms with van der Waals surface area (Å²) in [5, 5.41) is 11.6. The summed E-state index contributed by atoms with van der Waals surface area (Å²) in [5.74, 6) is -0.763. The lowest BCUT2D eigenvalue weighted by Crippen LogP contribution is -2.53. The summed E-state index contributed by atoms with van der Waals surface area (Å²) >= 11 is 0. The fourth-order valence-electron chi connectivity index (χ4n) is 2.09. The van der Waals surface area contributed by atoms with E-state index in [0.717, 1.165) is 12.8 Å². The smallest absolute Gasteiger partial charge is 0.328 e. The Labute approximate surface area is 121 Å². The molecule has 6 heteroatoms. The first kappa shape index (κ1) is 18.7. The van der Waals surface area contributed by atoms with E-state index in [2.05, 4.69) is 5.32 Å². The van der Waals surface area contributed by atoms with E-state index in [1.165, 1.54) is 7.11 Å². The largest absolute Gasteiger partial charge is 0.480 e. The summed E-state index contributed by atoms with van der Waals surface area (Å²) < 4.78 is 4.83. The number of urea groups is 1. The number of ether oxygens (including phenoxy) is 1. The Bertz CT molecular complexity index is 304. The molecule has 1 unspecified atom stereocenters. The molecule has 0 aliphatic carbocycles. The fourth-order valence-corrected chi connectivity index (χ4v) is 2.09. The zero-order chi connectivity index (χ0) is 15.7. The Hall–Kier alpha value is -1.30. The highest BCUT2D eigenvalue weighted by molar-refractivity contribution is 5.82. The van der Waals surface area contributed by atoms with Crippen LogP contribution in [0.25, 0.3) is 0 Å². The number of nitrogens with one attached hydrogen (secondary N) is 1. The summed E-state index contributed by atoms with van der Waals surface area (Å²) in [5.41, 5.74) is 0. The summed E-state index contributed by atoms with van der Waals surface area (Å²) in [6.07, 6.45) is 1.69. The number of amides is 2. The van der Waals surface area contributed by atoms with E-state index in [1.54, 1.807) is 4.90 Å². The van der Waals surface area contributed by atoms with Crippen LogP contribution in [0.3, 0.4) is 0 Å². The van der Waals surface area contributed by atoms with E-state index in [1.807, 2.05) is 27.7 Å². The highest BCUT2D eigenvalue weighted by Gasteiger charge is 2.26. The van der Waals surface area contributed by atoms with Crippen molar-refractivity contribution in [2.45, 2.75) is 52.6 Å². The van der Waals surface area contributed by atoms with E-state index in [9.17, 15) is 9.59 Å². The van der Waals surface area contributed by atoms with Gasteiger partial charge in [-0.3, -0.25) is 0 Å². The fraction of sp³-hybridized carbons (Fsp3) is 0.857. The molecule has 0 spiro atoms. The lowest BCUT2D eigenvalue weighted by molar-refractivity contribution is -0.140. The van der Waals surface area contributed by atoms with Crippen LogP contribution in [-0.2, 0) is 9.53 Å². The van der Waals surface area contributed by atoms with E-state index in [4.69, 9.17) is 9.84 Å². The van der Waals surface area contributed by atoms with Crippen LogP contribution < -0.4 is 5.32 Å². The van der Waals surface area contributed by atoms with Crippen molar-refractivity contribution in [2.24, 2.45) is 5.92 Å². The molecule has 0 heterocycles. The predicted molar refractivity (Wildman–Crippen MR) is 77.7 cm³/mol. The molecule has 0 aromatic rings. The molecule has 118 valence electrons. The average Bonchev–Trinajstić information content (AvgIpc) is 2.37. The molecule has 2 amide bonds. The molecule has 0 aliphatic rings. The third-order valence-corrected chi connectivity index (χ3v) is 3.14. The van der Waals surface area contributed by atoms with Gasteiger partial charge in [0.1, 0.15) is 0 Å². The Morgan fingerprint density at radius 1 is 1.25 bits per heavy atom. The van der Waals surface area contributed by atoms with Crippen molar-refractivity contribution < 1.29 is 19.4 Å². The van der Waals surface area contributed by atoms with Gasteiger partial charge in [0, 0.05) is 19.7 Å². The predicted octanol–water partition coefficient (Wildman–Crippen LogP) is 1.94. The van der Waals surface area contributed by atoms with Crippen LogP contribution in [-0.4, -0.2) is 54.4 Å². The number of carbonyl (C=O) groups is 2. The van der Waals surface area contributed by atoms with Crippen molar-refractivity contribution in [1.82, 2.24) is 10.2 Å². The molecule has 0 aliphatic heterocycles. The van der Waals surface area contributed by atoms with Crippen LogP contribution in [0, 0.1) is 5.92 Å².